The van der Waals surface area contributed by atoms with Gasteiger partial charge in [0.25, 0.3) is 0 Å². The van der Waals surface area contributed by atoms with E-state index in [0.717, 1.165) is 36.8 Å². The maximum absolute atomic E-state index is 12.6. The van der Waals surface area contributed by atoms with Crippen LogP contribution >= 0.6 is 0 Å². The minimum absolute atomic E-state index is 0.259. The van der Waals surface area contributed by atoms with Crippen LogP contribution in [0.4, 0.5) is 0 Å². The SMILES string of the molecule is CCOC(=O)c1cc2c(cc1C(=O)OCC)Cc1cc3c(cc1C2)Cc1ccccc1C3. The lowest BCUT2D eigenvalue weighted by atomic mass is 9.78. The first-order chi connectivity index (χ1) is 15.6. The Morgan fingerprint density at radius 3 is 1.31 bits per heavy atom. The molecule has 4 heteroatoms. The van der Waals surface area contributed by atoms with Gasteiger partial charge in [-0.25, -0.2) is 9.59 Å². The highest BCUT2D eigenvalue weighted by atomic mass is 16.5. The molecule has 0 saturated carbocycles. The second-order valence-electron chi connectivity index (χ2n) is 8.47. The molecule has 2 aliphatic rings. The fourth-order valence-electron chi connectivity index (χ4n) is 4.95. The molecule has 32 heavy (non-hydrogen) atoms. The molecule has 5 rings (SSSR count). The molecule has 3 aromatic carbocycles. The molecule has 0 unspecified atom stereocenters. The number of hydrogen-bond donors (Lipinski definition) is 0. The maximum atomic E-state index is 12.6. The van der Waals surface area contributed by atoms with E-state index in [1.807, 2.05) is 12.1 Å². The predicted molar refractivity (Wildman–Crippen MR) is 122 cm³/mol. The number of fused-ring (bicyclic) bond motifs is 4. The molecule has 0 aromatic heterocycles. The zero-order valence-corrected chi connectivity index (χ0v) is 18.5. The third-order valence-electron chi connectivity index (χ3n) is 6.49. The molecule has 3 aromatic rings. The highest BCUT2D eigenvalue weighted by molar-refractivity contribution is 6.03. The summed E-state index contributed by atoms with van der Waals surface area (Å²) in [6, 6.07) is 17.0. The molecule has 0 atom stereocenters. The van der Waals surface area contributed by atoms with Gasteiger partial charge in [0.15, 0.2) is 0 Å². The third-order valence-corrected chi connectivity index (χ3v) is 6.49. The van der Waals surface area contributed by atoms with Crippen LogP contribution in [0, 0.1) is 0 Å². The van der Waals surface area contributed by atoms with E-state index in [0.29, 0.717) is 11.1 Å². The minimum atomic E-state index is -0.480. The smallest absolute Gasteiger partial charge is 0.339 e. The van der Waals surface area contributed by atoms with Crippen molar-refractivity contribution < 1.29 is 19.1 Å². The summed E-state index contributed by atoms with van der Waals surface area (Å²) in [6.07, 6.45) is 3.41. The Hall–Kier alpha value is -3.40. The molecule has 162 valence electrons. The van der Waals surface area contributed by atoms with Crippen LogP contribution in [0.25, 0.3) is 0 Å². The number of esters is 2. The van der Waals surface area contributed by atoms with Crippen molar-refractivity contribution in [3.8, 4) is 0 Å². The van der Waals surface area contributed by atoms with Crippen molar-refractivity contribution in [2.24, 2.45) is 0 Å². The number of hydrogen-bond acceptors (Lipinski definition) is 4. The van der Waals surface area contributed by atoms with Gasteiger partial charge in [0.05, 0.1) is 24.3 Å². The Bertz CT molecular complexity index is 1140. The monoisotopic (exact) mass is 426 g/mol. The van der Waals surface area contributed by atoms with Crippen LogP contribution < -0.4 is 0 Å². The van der Waals surface area contributed by atoms with Crippen molar-refractivity contribution in [3.05, 3.63) is 104 Å². The van der Waals surface area contributed by atoms with E-state index >= 15 is 0 Å². The van der Waals surface area contributed by atoms with E-state index in [4.69, 9.17) is 9.47 Å². The third kappa shape index (κ3) is 3.60. The molecule has 0 aliphatic heterocycles. The van der Waals surface area contributed by atoms with Crippen molar-refractivity contribution in [1.29, 1.82) is 0 Å². The van der Waals surface area contributed by atoms with Crippen LogP contribution in [-0.4, -0.2) is 25.2 Å². The van der Waals surface area contributed by atoms with Gasteiger partial charge in [-0.15, -0.1) is 0 Å². The summed E-state index contributed by atoms with van der Waals surface area (Å²) in [6.45, 7) is 4.04. The van der Waals surface area contributed by atoms with Gasteiger partial charge in [0.1, 0.15) is 0 Å². The molecule has 0 amide bonds. The second kappa shape index (κ2) is 8.27. The first-order valence-electron chi connectivity index (χ1n) is 11.3. The fourth-order valence-corrected chi connectivity index (χ4v) is 4.95. The van der Waals surface area contributed by atoms with E-state index in [2.05, 4.69) is 36.4 Å². The van der Waals surface area contributed by atoms with E-state index in [-0.39, 0.29) is 13.2 Å². The van der Waals surface area contributed by atoms with E-state index in [1.165, 1.54) is 33.4 Å². The fraction of sp³-hybridized carbons (Fsp3) is 0.286. The Labute approximate surface area is 188 Å². The summed E-state index contributed by atoms with van der Waals surface area (Å²) in [4.78, 5) is 25.2. The molecule has 0 radical (unpaired) electrons. The summed E-state index contributed by atoms with van der Waals surface area (Å²) in [5, 5.41) is 0. The average molecular weight is 427 g/mol. The maximum Gasteiger partial charge on any atom is 0.339 e. The normalized spacial score (nSPS) is 13.3. The van der Waals surface area contributed by atoms with Gasteiger partial charge >= 0.3 is 11.9 Å². The molecule has 4 nitrogen and oxygen atoms in total. The van der Waals surface area contributed by atoms with E-state index < -0.39 is 11.9 Å². The van der Waals surface area contributed by atoms with Gasteiger partial charge in [-0.05, 0) is 96.2 Å². The van der Waals surface area contributed by atoms with Crippen LogP contribution in [0.1, 0.15) is 79.1 Å². The van der Waals surface area contributed by atoms with Crippen molar-refractivity contribution in [2.45, 2.75) is 39.5 Å². The molecule has 0 fully saturated rings. The Morgan fingerprint density at radius 1 is 0.594 bits per heavy atom. The molecular weight excluding hydrogens is 400 g/mol. The number of carbonyl (C=O) groups excluding carboxylic acids is 2. The topological polar surface area (TPSA) is 52.6 Å². The standard InChI is InChI=1S/C28H26O4/c1-3-31-27(29)25-15-23-13-21-11-19-9-17-7-5-6-8-18(17)10-20(19)12-22(21)14-24(23)16-26(25)28(30)32-4-2/h5-8,11-12,15-16H,3-4,9-10,13-14H2,1-2H3. The van der Waals surface area contributed by atoms with E-state index in [1.54, 1.807) is 13.8 Å². The predicted octanol–water partition coefficient (Wildman–Crippen LogP) is 5.03. The first-order valence-corrected chi connectivity index (χ1v) is 11.3. The zero-order chi connectivity index (χ0) is 22.2. The number of ether oxygens (including phenoxy) is 2. The Balaban J connectivity index is 1.53. The van der Waals surface area contributed by atoms with Crippen molar-refractivity contribution in [2.75, 3.05) is 13.2 Å². The lowest BCUT2D eigenvalue weighted by molar-refractivity contribution is 0.0478. The van der Waals surface area contributed by atoms with Gasteiger partial charge in [-0.3, -0.25) is 0 Å². The lowest BCUT2D eigenvalue weighted by Gasteiger charge is -2.26. The van der Waals surface area contributed by atoms with Crippen molar-refractivity contribution in [3.63, 3.8) is 0 Å². The second-order valence-corrected chi connectivity index (χ2v) is 8.47. The molecule has 0 spiro atoms. The highest BCUT2D eigenvalue weighted by Gasteiger charge is 2.26. The molecular formula is C28H26O4. The molecule has 2 aliphatic carbocycles. The van der Waals surface area contributed by atoms with Gasteiger partial charge in [0, 0.05) is 0 Å². The minimum Gasteiger partial charge on any atom is -0.462 e. The Kier molecular flexibility index (Phi) is 5.30. The van der Waals surface area contributed by atoms with Gasteiger partial charge in [0.2, 0.25) is 0 Å². The average Bonchev–Trinajstić information content (AvgIpc) is 2.79. The van der Waals surface area contributed by atoms with Crippen LogP contribution in [0.2, 0.25) is 0 Å². The summed E-state index contributed by atoms with van der Waals surface area (Å²) >= 11 is 0. The number of rotatable bonds is 4. The summed E-state index contributed by atoms with van der Waals surface area (Å²) in [5.74, 6) is -0.961. The van der Waals surface area contributed by atoms with Gasteiger partial charge in [-0.1, -0.05) is 36.4 Å². The van der Waals surface area contributed by atoms with Crippen LogP contribution in [0.3, 0.4) is 0 Å². The van der Waals surface area contributed by atoms with Crippen LogP contribution in [0.5, 0.6) is 0 Å². The van der Waals surface area contributed by atoms with Crippen LogP contribution in [0.15, 0.2) is 48.5 Å². The summed E-state index contributed by atoms with van der Waals surface area (Å²) in [7, 11) is 0. The van der Waals surface area contributed by atoms with Gasteiger partial charge < -0.3 is 9.47 Å². The van der Waals surface area contributed by atoms with Crippen molar-refractivity contribution >= 4 is 11.9 Å². The number of carbonyl (C=O) groups is 2. The molecule has 0 bridgehead atoms. The van der Waals surface area contributed by atoms with Crippen LogP contribution in [-0.2, 0) is 35.2 Å². The number of benzene rings is 3. The van der Waals surface area contributed by atoms with Crippen molar-refractivity contribution in [1.82, 2.24) is 0 Å². The quantitative estimate of drug-likeness (QED) is 0.378. The molecule has 0 N–H and O–H groups in total. The zero-order valence-electron chi connectivity index (χ0n) is 18.5. The highest BCUT2D eigenvalue weighted by Crippen LogP contribution is 2.35. The van der Waals surface area contributed by atoms with E-state index in [9.17, 15) is 9.59 Å². The summed E-state index contributed by atoms with van der Waals surface area (Å²) < 4.78 is 10.4. The molecule has 0 heterocycles. The van der Waals surface area contributed by atoms with Gasteiger partial charge in [-0.2, -0.15) is 0 Å². The largest absolute Gasteiger partial charge is 0.462 e. The summed E-state index contributed by atoms with van der Waals surface area (Å²) in [5.41, 5.74) is 10.9. The lowest BCUT2D eigenvalue weighted by Crippen LogP contribution is -2.18. The Morgan fingerprint density at radius 2 is 0.938 bits per heavy atom. The molecule has 0 saturated heterocycles. The first kappa shape index (κ1) is 20.5.